The molecule has 1 heterocycles. The lowest BCUT2D eigenvalue weighted by molar-refractivity contribution is 0.0943. The molecule has 2 rings (SSSR count). The molecule has 0 atom stereocenters. The fourth-order valence-corrected chi connectivity index (χ4v) is 2.87. The minimum Gasteiger partial charge on any atom is -0.369 e. The van der Waals surface area contributed by atoms with Crippen molar-refractivity contribution in [3.8, 4) is 0 Å². The highest BCUT2D eigenvalue weighted by molar-refractivity contribution is 5.94. The van der Waals surface area contributed by atoms with Gasteiger partial charge in [0.25, 0.3) is 5.91 Å². The van der Waals surface area contributed by atoms with Crippen molar-refractivity contribution in [3.05, 3.63) is 29.8 Å². The summed E-state index contributed by atoms with van der Waals surface area (Å²) < 4.78 is 0. The van der Waals surface area contributed by atoms with Crippen LogP contribution < -0.4 is 10.2 Å². The summed E-state index contributed by atoms with van der Waals surface area (Å²) in [7, 11) is 0. The van der Waals surface area contributed by atoms with Crippen LogP contribution >= 0.6 is 0 Å². The van der Waals surface area contributed by atoms with Crippen molar-refractivity contribution in [2.45, 2.75) is 33.7 Å². The zero-order valence-electron chi connectivity index (χ0n) is 14.3. The van der Waals surface area contributed by atoms with Gasteiger partial charge in [-0.05, 0) is 44.0 Å². The summed E-state index contributed by atoms with van der Waals surface area (Å²) in [4.78, 5) is 16.9. The Bertz CT molecular complexity index is 474. The van der Waals surface area contributed by atoms with Crippen LogP contribution in [0.15, 0.2) is 24.3 Å². The van der Waals surface area contributed by atoms with E-state index in [2.05, 4.69) is 41.1 Å². The fraction of sp³-hybridized carbons (Fsp3) is 0.611. The largest absolute Gasteiger partial charge is 0.369 e. The molecule has 122 valence electrons. The van der Waals surface area contributed by atoms with Crippen LogP contribution in [-0.4, -0.2) is 49.6 Å². The van der Waals surface area contributed by atoms with Crippen LogP contribution in [0.3, 0.4) is 0 Å². The van der Waals surface area contributed by atoms with E-state index in [0.29, 0.717) is 0 Å². The first-order valence-corrected chi connectivity index (χ1v) is 8.34. The second kappa shape index (κ2) is 7.63. The van der Waals surface area contributed by atoms with Crippen LogP contribution in [0.4, 0.5) is 5.69 Å². The zero-order chi connectivity index (χ0) is 16.1. The number of anilines is 1. The van der Waals surface area contributed by atoms with E-state index in [1.807, 2.05) is 26.0 Å². The number of benzene rings is 1. The third-order valence-electron chi connectivity index (χ3n) is 3.91. The summed E-state index contributed by atoms with van der Waals surface area (Å²) in [6, 6.07) is 8.14. The number of nitrogens with zero attached hydrogens (tertiary/aromatic N) is 2. The van der Waals surface area contributed by atoms with Crippen LogP contribution in [0.5, 0.6) is 0 Å². The first-order valence-electron chi connectivity index (χ1n) is 8.34. The molecule has 4 heteroatoms. The number of carbonyl (C=O) groups excluding carboxylic acids is 1. The average molecular weight is 303 g/mol. The smallest absolute Gasteiger partial charge is 0.251 e. The van der Waals surface area contributed by atoms with Gasteiger partial charge in [0.1, 0.15) is 0 Å². The summed E-state index contributed by atoms with van der Waals surface area (Å²) in [6.45, 7) is 14.0. The molecule has 0 aromatic heterocycles. The Morgan fingerprint density at radius 3 is 2.14 bits per heavy atom. The van der Waals surface area contributed by atoms with Crippen LogP contribution in [0.1, 0.15) is 38.1 Å². The molecule has 4 nitrogen and oxygen atoms in total. The second-order valence-corrected chi connectivity index (χ2v) is 6.86. The molecule has 1 N–H and O–H groups in total. The number of carbonyl (C=O) groups is 1. The molecule has 22 heavy (non-hydrogen) atoms. The first-order chi connectivity index (χ1) is 10.5. The van der Waals surface area contributed by atoms with Gasteiger partial charge in [-0.2, -0.15) is 0 Å². The summed E-state index contributed by atoms with van der Waals surface area (Å²) in [5.41, 5.74) is 1.95. The molecule has 1 aliphatic heterocycles. The topological polar surface area (TPSA) is 35.6 Å². The number of rotatable bonds is 5. The SMILES string of the molecule is CC(C)CN1CCN(c2ccc(C(=O)NC(C)C)cc2)CC1. The van der Waals surface area contributed by atoms with Gasteiger partial charge in [-0.1, -0.05) is 13.8 Å². The normalized spacial score (nSPS) is 16.4. The van der Waals surface area contributed by atoms with E-state index in [9.17, 15) is 4.79 Å². The predicted molar refractivity (Wildman–Crippen MR) is 92.5 cm³/mol. The third kappa shape index (κ3) is 4.73. The molecule has 1 fully saturated rings. The Balaban J connectivity index is 1.90. The maximum atomic E-state index is 12.0. The van der Waals surface area contributed by atoms with Crippen molar-refractivity contribution in [2.24, 2.45) is 5.92 Å². The van der Waals surface area contributed by atoms with E-state index < -0.39 is 0 Å². The molecule has 1 aromatic rings. The maximum absolute atomic E-state index is 12.0. The summed E-state index contributed by atoms with van der Waals surface area (Å²) in [5.74, 6) is 0.730. The van der Waals surface area contributed by atoms with E-state index in [-0.39, 0.29) is 11.9 Å². The van der Waals surface area contributed by atoms with Gasteiger partial charge in [-0.3, -0.25) is 9.69 Å². The maximum Gasteiger partial charge on any atom is 0.251 e. The molecular formula is C18H29N3O. The molecule has 0 bridgehead atoms. The summed E-state index contributed by atoms with van der Waals surface area (Å²) >= 11 is 0. The van der Waals surface area contributed by atoms with E-state index >= 15 is 0 Å². The van der Waals surface area contributed by atoms with Crippen LogP contribution in [0.2, 0.25) is 0 Å². The van der Waals surface area contributed by atoms with Gasteiger partial charge in [0.2, 0.25) is 0 Å². The van der Waals surface area contributed by atoms with Crippen molar-refractivity contribution in [1.82, 2.24) is 10.2 Å². The molecule has 0 spiro atoms. The van der Waals surface area contributed by atoms with Crippen molar-refractivity contribution in [3.63, 3.8) is 0 Å². The van der Waals surface area contributed by atoms with Gasteiger partial charge in [-0.15, -0.1) is 0 Å². The molecule has 0 unspecified atom stereocenters. The van der Waals surface area contributed by atoms with Crippen molar-refractivity contribution >= 4 is 11.6 Å². The molecule has 0 radical (unpaired) electrons. The Morgan fingerprint density at radius 2 is 1.64 bits per heavy atom. The second-order valence-electron chi connectivity index (χ2n) is 6.86. The lowest BCUT2D eigenvalue weighted by atomic mass is 10.1. The van der Waals surface area contributed by atoms with Crippen molar-refractivity contribution in [2.75, 3.05) is 37.6 Å². The molecule has 0 aliphatic carbocycles. The van der Waals surface area contributed by atoms with E-state index in [1.54, 1.807) is 0 Å². The van der Waals surface area contributed by atoms with Gasteiger partial charge in [0.15, 0.2) is 0 Å². The number of hydrogen-bond acceptors (Lipinski definition) is 3. The Kier molecular flexibility index (Phi) is 5.83. The van der Waals surface area contributed by atoms with E-state index in [4.69, 9.17) is 0 Å². The molecular weight excluding hydrogens is 274 g/mol. The molecule has 1 amide bonds. The quantitative estimate of drug-likeness (QED) is 0.908. The molecule has 1 aromatic carbocycles. The summed E-state index contributed by atoms with van der Waals surface area (Å²) in [5, 5.41) is 2.92. The highest BCUT2D eigenvalue weighted by Crippen LogP contribution is 2.18. The fourth-order valence-electron chi connectivity index (χ4n) is 2.87. The van der Waals surface area contributed by atoms with Crippen LogP contribution in [-0.2, 0) is 0 Å². The predicted octanol–water partition coefficient (Wildman–Crippen LogP) is 2.60. The standard InChI is InChI=1S/C18H29N3O/c1-14(2)13-20-9-11-21(12-10-20)17-7-5-16(6-8-17)18(22)19-15(3)4/h5-8,14-15H,9-13H2,1-4H3,(H,19,22). The van der Waals surface area contributed by atoms with Gasteiger partial charge in [0.05, 0.1) is 0 Å². The number of amides is 1. The minimum absolute atomic E-state index is 0.00306. The number of nitrogens with one attached hydrogen (secondary N) is 1. The first kappa shape index (κ1) is 16.8. The van der Waals surface area contributed by atoms with Crippen LogP contribution in [0, 0.1) is 5.92 Å². The Morgan fingerprint density at radius 1 is 1.05 bits per heavy atom. The molecule has 0 saturated carbocycles. The van der Waals surface area contributed by atoms with E-state index in [1.165, 1.54) is 12.2 Å². The number of hydrogen-bond donors (Lipinski definition) is 1. The third-order valence-corrected chi connectivity index (χ3v) is 3.91. The molecule has 1 aliphatic rings. The molecule has 1 saturated heterocycles. The van der Waals surface area contributed by atoms with Gasteiger partial charge in [-0.25, -0.2) is 0 Å². The Labute approximate surface area is 134 Å². The van der Waals surface area contributed by atoms with Crippen LogP contribution in [0.25, 0.3) is 0 Å². The lowest BCUT2D eigenvalue weighted by Gasteiger charge is -2.36. The van der Waals surface area contributed by atoms with Crippen molar-refractivity contribution < 1.29 is 4.79 Å². The number of piperazine rings is 1. The van der Waals surface area contributed by atoms with Crippen molar-refractivity contribution in [1.29, 1.82) is 0 Å². The highest BCUT2D eigenvalue weighted by atomic mass is 16.1. The highest BCUT2D eigenvalue weighted by Gasteiger charge is 2.18. The van der Waals surface area contributed by atoms with Gasteiger partial charge < -0.3 is 10.2 Å². The monoisotopic (exact) mass is 303 g/mol. The van der Waals surface area contributed by atoms with Gasteiger partial charge in [0, 0.05) is 50.0 Å². The minimum atomic E-state index is 0.00306. The zero-order valence-corrected chi connectivity index (χ0v) is 14.3. The summed E-state index contributed by atoms with van der Waals surface area (Å²) in [6.07, 6.45) is 0. The van der Waals surface area contributed by atoms with E-state index in [0.717, 1.165) is 37.7 Å². The lowest BCUT2D eigenvalue weighted by Crippen LogP contribution is -2.47. The van der Waals surface area contributed by atoms with Gasteiger partial charge >= 0.3 is 0 Å². The average Bonchev–Trinajstić information content (AvgIpc) is 2.47. The Hall–Kier alpha value is -1.55.